The van der Waals surface area contributed by atoms with Gasteiger partial charge in [0.1, 0.15) is 18.4 Å². The van der Waals surface area contributed by atoms with E-state index in [0.717, 1.165) is 0 Å². The van der Waals surface area contributed by atoms with Crippen molar-refractivity contribution in [1.29, 1.82) is 0 Å². The third-order valence-corrected chi connectivity index (χ3v) is 4.95. The van der Waals surface area contributed by atoms with Crippen molar-refractivity contribution in [3.8, 4) is 0 Å². The fraction of sp³-hybridized carbons (Fsp3) is 0.909. The van der Waals surface area contributed by atoms with E-state index < -0.39 is 27.8 Å². The maximum Gasteiger partial charge on any atom is 0.339 e. The molecule has 1 aliphatic rings. The molecule has 0 aliphatic carbocycles. The highest BCUT2D eigenvalue weighted by atomic mass is 31.2. The molecule has 0 amide bonds. The standard InChI is InChI=1S/C11H25N3O7P2/c1-11(15)8-12-2-4-13(9-22(16,17)18)6-7-14(5-3-12)10-23(19,20)21/h2-10H2,1H3,(H2,16,17,18)(H2,19,20,21). The maximum atomic E-state index is 11.3. The number of ketones is 1. The van der Waals surface area contributed by atoms with Crippen LogP contribution in [0.3, 0.4) is 0 Å². The Bertz CT molecular complexity index is 456. The van der Waals surface area contributed by atoms with E-state index in [1.54, 1.807) is 9.80 Å². The van der Waals surface area contributed by atoms with Crippen LogP contribution in [0.15, 0.2) is 0 Å². The smallest absolute Gasteiger partial charge is 0.324 e. The van der Waals surface area contributed by atoms with Crippen LogP contribution in [-0.4, -0.2) is 98.4 Å². The van der Waals surface area contributed by atoms with Gasteiger partial charge in [-0.15, -0.1) is 0 Å². The summed E-state index contributed by atoms with van der Waals surface area (Å²) < 4.78 is 22.4. The predicted octanol–water partition coefficient (Wildman–Crippen LogP) is -1.23. The van der Waals surface area contributed by atoms with E-state index >= 15 is 0 Å². The van der Waals surface area contributed by atoms with Gasteiger partial charge in [-0.2, -0.15) is 0 Å². The summed E-state index contributed by atoms with van der Waals surface area (Å²) in [6.07, 6.45) is -0.824. The molecule has 0 unspecified atom stereocenters. The monoisotopic (exact) mass is 373 g/mol. The quantitative estimate of drug-likeness (QED) is 0.418. The maximum absolute atomic E-state index is 11.3. The molecule has 1 fully saturated rings. The zero-order valence-corrected chi connectivity index (χ0v) is 14.9. The fourth-order valence-electron chi connectivity index (χ4n) is 2.46. The predicted molar refractivity (Wildman–Crippen MR) is 84.1 cm³/mol. The summed E-state index contributed by atoms with van der Waals surface area (Å²) in [7, 11) is -8.44. The van der Waals surface area contributed by atoms with Gasteiger partial charge in [0.15, 0.2) is 0 Å². The number of carbonyl (C=O) groups excluding carboxylic acids is 1. The van der Waals surface area contributed by atoms with Gasteiger partial charge in [-0.25, -0.2) is 0 Å². The molecule has 0 saturated carbocycles. The van der Waals surface area contributed by atoms with Crippen LogP contribution in [0.1, 0.15) is 6.92 Å². The molecular formula is C11H25N3O7P2. The van der Waals surface area contributed by atoms with E-state index in [1.807, 2.05) is 4.90 Å². The molecule has 23 heavy (non-hydrogen) atoms. The molecule has 0 spiro atoms. The summed E-state index contributed by atoms with van der Waals surface area (Å²) in [6.45, 7) is 3.91. The first-order valence-corrected chi connectivity index (χ1v) is 10.8. The first kappa shape index (κ1) is 20.9. The summed E-state index contributed by atoms with van der Waals surface area (Å²) in [6, 6.07) is 0. The zero-order valence-electron chi connectivity index (χ0n) is 13.1. The van der Waals surface area contributed by atoms with Crippen molar-refractivity contribution in [2.45, 2.75) is 6.92 Å². The van der Waals surface area contributed by atoms with Crippen molar-refractivity contribution in [3.63, 3.8) is 0 Å². The number of nitrogens with zero attached hydrogens (tertiary/aromatic N) is 3. The second-order valence-corrected chi connectivity index (χ2v) is 9.05. The molecular weight excluding hydrogens is 348 g/mol. The average molecular weight is 373 g/mol. The summed E-state index contributed by atoms with van der Waals surface area (Å²) in [4.78, 5) is 52.8. The third-order valence-electron chi connectivity index (χ3n) is 3.41. The largest absolute Gasteiger partial charge is 0.339 e. The van der Waals surface area contributed by atoms with Gasteiger partial charge < -0.3 is 19.6 Å². The lowest BCUT2D eigenvalue weighted by Gasteiger charge is -2.25. The molecule has 1 saturated heterocycles. The van der Waals surface area contributed by atoms with E-state index in [2.05, 4.69) is 0 Å². The lowest BCUT2D eigenvalue weighted by Crippen LogP contribution is -2.38. The Hall–Kier alpha value is -0.150. The Morgan fingerprint density at radius 1 is 0.783 bits per heavy atom. The molecule has 1 aliphatic heterocycles. The van der Waals surface area contributed by atoms with Gasteiger partial charge in [-0.1, -0.05) is 0 Å². The van der Waals surface area contributed by atoms with Crippen LogP contribution in [0.2, 0.25) is 0 Å². The van der Waals surface area contributed by atoms with Gasteiger partial charge in [0.05, 0.1) is 6.54 Å². The van der Waals surface area contributed by atoms with Crippen LogP contribution in [0.4, 0.5) is 0 Å². The Balaban J connectivity index is 2.79. The zero-order chi connectivity index (χ0) is 17.7. The van der Waals surface area contributed by atoms with Crippen LogP contribution in [0.25, 0.3) is 0 Å². The second-order valence-electron chi connectivity index (χ2n) is 5.83. The Morgan fingerprint density at radius 2 is 1.09 bits per heavy atom. The van der Waals surface area contributed by atoms with E-state index in [1.165, 1.54) is 6.92 Å². The molecule has 0 atom stereocenters. The summed E-state index contributed by atoms with van der Waals surface area (Å²) in [5, 5.41) is 0. The minimum Gasteiger partial charge on any atom is -0.324 e. The molecule has 0 aromatic heterocycles. The third kappa shape index (κ3) is 10.3. The van der Waals surface area contributed by atoms with Crippen molar-refractivity contribution in [2.24, 2.45) is 0 Å². The van der Waals surface area contributed by atoms with E-state index in [-0.39, 0.29) is 12.3 Å². The molecule has 0 bridgehead atoms. The van der Waals surface area contributed by atoms with Gasteiger partial charge in [0.2, 0.25) is 0 Å². The van der Waals surface area contributed by atoms with Crippen LogP contribution in [-0.2, 0) is 13.9 Å². The van der Waals surface area contributed by atoms with Crippen LogP contribution >= 0.6 is 15.2 Å². The molecule has 136 valence electrons. The topological polar surface area (TPSA) is 142 Å². The lowest BCUT2D eigenvalue weighted by atomic mass is 10.3. The first-order chi connectivity index (χ1) is 10.4. The number of hydrogen-bond donors (Lipinski definition) is 4. The average Bonchev–Trinajstić information content (AvgIpc) is 2.40. The van der Waals surface area contributed by atoms with Gasteiger partial charge in [0, 0.05) is 39.3 Å². The highest BCUT2D eigenvalue weighted by Gasteiger charge is 2.25. The molecule has 1 heterocycles. The Morgan fingerprint density at radius 3 is 1.35 bits per heavy atom. The second kappa shape index (κ2) is 8.80. The van der Waals surface area contributed by atoms with Crippen LogP contribution in [0, 0.1) is 0 Å². The van der Waals surface area contributed by atoms with Crippen molar-refractivity contribution in [3.05, 3.63) is 0 Å². The SMILES string of the molecule is CC(=O)CN1CCN(CP(=O)(O)O)CCN(CP(=O)(O)O)CC1. The summed E-state index contributed by atoms with van der Waals surface area (Å²) in [5.74, 6) is -0.0349. The number of Topliss-reactive ketones (excluding diaryl/α,β-unsaturated/α-hetero) is 1. The number of rotatable bonds is 6. The van der Waals surface area contributed by atoms with E-state index in [4.69, 9.17) is 19.6 Å². The fourth-order valence-corrected chi connectivity index (χ4v) is 4.07. The summed E-state index contributed by atoms with van der Waals surface area (Å²) >= 11 is 0. The first-order valence-electron chi connectivity index (χ1n) is 7.20. The van der Waals surface area contributed by atoms with Gasteiger partial charge in [-0.05, 0) is 6.92 Å². The van der Waals surface area contributed by atoms with Crippen LogP contribution in [0.5, 0.6) is 0 Å². The van der Waals surface area contributed by atoms with E-state index in [0.29, 0.717) is 39.3 Å². The minimum atomic E-state index is -4.22. The highest BCUT2D eigenvalue weighted by molar-refractivity contribution is 7.51. The van der Waals surface area contributed by atoms with Crippen molar-refractivity contribution in [1.82, 2.24) is 14.7 Å². The molecule has 0 aromatic rings. The number of carbonyl (C=O) groups is 1. The molecule has 10 nitrogen and oxygen atoms in total. The normalized spacial score (nSPS) is 20.7. The van der Waals surface area contributed by atoms with Crippen molar-refractivity contribution >= 4 is 21.0 Å². The molecule has 1 rings (SSSR count). The highest BCUT2D eigenvalue weighted by Crippen LogP contribution is 2.36. The van der Waals surface area contributed by atoms with Crippen molar-refractivity contribution in [2.75, 3.05) is 58.4 Å². The molecule has 0 radical (unpaired) electrons. The van der Waals surface area contributed by atoms with Gasteiger partial charge in [0.25, 0.3) is 0 Å². The molecule has 0 aromatic carbocycles. The minimum absolute atomic E-state index is 0.0349. The molecule has 12 heteroatoms. The van der Waals surface area contributed by atoms with Crippen molar-refractivity contribution < 1.29 is 33.5 Å². The summed E-state index contributed by atoms with van der Waals surface area (Å²) in [5.41, 5.74) is 0. The van der Waals surface area contributed by atoms with Gasteiger partial charge in [-0.3, -0.25) is 28.6 Å². The Labute approximate surface area is 135 Å². The lowest BCUT2D eigenvalue weighted by molar-refractivity contribution is -0.118. The van der Waals surface area contributed by atoms with Gasteiger partial charge >= 0.3 is 15.2 Å². The Kier molecular flexibility index (Phi) is 8.00. The number of hydrogen-bond acceptors (Lipinski definition) is 6. The van der Waals surface area contributed by atoms with Crippen LogP contribution < -0.4 is 0 Å². The van der Waals surface area contributed by atoms with E-state index in [9.17, 15) is 13.9 Å². The molecule has 4 N–H and O–H groups in total.